The van der Waals surface area contributed by atoms with E-state index in [2.05, 4.69) is 4.98 Å². The second-order valence-electron chi connectivity index (χ2n) is 5.76. The summed E-state index contributed by atoms with van der Waals surface area (Å²) in [6.07, 6.45) is 2.27. The average molecular weight is 342 g/mol. The van der Waals surface area contributed by atoms with Crippen LogP contribution in [0.4, 0.5) is 0 Å². The molecule has 0 radical (unpaired) electrons. The van der Waals surface area contributed by atoms with Gasteiger partial charge >= 0.3 is 5.97 Å². The molecule has 1 N–H and O–H groups in total. The molecule has 130 valence electrons. The Balaban J connectivity index is 2.78. The lowest BCUT2D eigenvalue weighted by atomic mass is 10.1. The maximum Gasteiger partial charge on any atom is 0.308 e. The minimum absolute atomic E-state index is 0.154. The van der Waals surface area contributed by atoms with E-state index >= 15 is 0 Å². The van der Waals surface area contributed by atoms with Gasteiger partial charge in [-0.3, -0.25) is 9.59 Å². The monoisotopic (exact) mass is 342 g/mol. The first-order valence-corrected chi connectivity index (χ1v) is 8.74. The van der Waals surface area contributed by atoms with Gasteiger partial charge in [-0.05, 0) is 13.3 Å². The first-order chi connectivity index (χ1) is 10.9. The number of carboxylic acids is 1. The molecule has 6 nitrogen and oxygen atoms in total. The van der Waals surface area contributed by atoms with Crippen LogP contribution >= 0.6 is 11.3 Å². The molecule has 1 rings (SSSR count). The summed E-state index contributed by atoms with van der Waals surface area (Å²) in [5.74, 6) is -1.40. The molecule has 0 aliphatic heterocycles. The summed E-state index contributed by atoms with van der Waals surface area (Å²) >= 11 is 1.38. The number of carboxylic acid groups (broad SMARTS) is 1. The molecule has 1 amide bonds. The normalized spacial score (nSPS) is 12.4. The molecule has 1 heterocycles. The fourth-order valence-electron chi connectivity index (χ4n) is 2.00. The van der Waals surface area contributed by atoms with Crippen molar-refractivity contribution in [2.24, 2.45) is 5.92 Å². The van der Waals surface area contributed by atoms with Crippen molar-refractivity contribution in [2.75, 3.05) is 26.3 Å². The number of hydrogen-bond donors (Lipinski definition) is 1. The molecule has 0 spiro atoms. The van der Waals surface area contributed by atoms with Gasteiger partial charge in [-0.2, -0.15) is 0 Å². The van der Waals surface area contributed by atoms with Crippen molar-refractivity contribution in [1.29, 1.82) is 0 Å². The predicted octanol–water partition coefficient (Wildman–Crippen LogP) is 2.86. The van der Waals surface area contributed by atoms with Gasteiger partial charge in [-0.25, -0.2) is 4.98 Å². The van der Waals surface area contributed by atoms with Crippen molar-refractivity contribution in [3.8, 4) is 0 Å². The second-order valence-corrected chi connectivity index (χ2v) is 6.82. The standard InChI is InChI=1S/C16H26N2O4S/c1-5-22-8-6-7-18(10-12(4)16(20)21)15(19)13-9-17-14(23-13)11(2)3/h9,11-12H,5-8,10H2,1-4H3,(H,20,21). The van der Waals surface area contributed by atoms with Gasteiger partial charge in [0.05, 0.1) is 17.1 Å². The predicted molar refractivity (Wildman–Crippen MR) is 90.0 cm³/mol. The number of hydrogen-bond acceptors (Lipinski definition) is 5. The van der Waals surface area contributed by atoms with Crippen molar-refractivity contribution in [1.82, 2.24) is 9.88 Å². The molecule has 1 unspecified atom stereocenters. The lowest BCUT2D eigenvalue weighted by Crippen LogP contribution is -2.37. The van der Waals surface area contributed by atoms with Crippen LogP contribution in [0.15, 0.2) is 6.20 Å². The maximum absolute atomic E-state index is 12.7. The Kier molecular flexibility index (Phi) is 8.19. The number of nitrogens with zero attached hydrogens (tertiary/aromatic N) is 2. The van der Waals surface area contributed by atoms with Gasteiger partial charge in [0.15, 0.2) is 0 Å². The molecule has 0 bridgehead atoms. The van der Waals surface area contributed by atoms with Crippen molar-refractivity contribution < 1.29 is 19.4 Å². The van der Waals surface area contributed by atoms with Gasteiger partial charge in [0, 0.05) is 32.2 Å². The van der Waals surface area contributed by atoms with E-state index in [0.29, 0.717) is 31.1 Å². The van der Waals surface area contributed by atoms with E-state index in [1.165, 1.54) is 11.3 Å². The molecule has 1 aromatic heterocycles. The number of carbonyl (C=O) groups is 2. The topological polar surface area (TPSA) is 79.7 Å². The zero-order valence-electron chi connectivity index (χ0n) is 14.2. The highest BCUT2D eigenvalue weighted by Crippen LogP contribution is 2.22. The van der Waals surface area contributed by atoms with E-state index in [4.69, 9.17) is 9.84 Å². The van der Waals surface area contributed by atoms with Gasteiger partial charge in [-0.15, -0.1) is 11.3 Å². The van der Waals surface area contributed by atoms with Crippen LogP contribution in [0, 0.1) is 5.92 Å². The molecular formula is C16H26N2O4S. The van der Waals surface area contributed by atoms with Gasteiger partial charge in [0.2, 0.25) is 0 Å². The number of rotatable bonds is 10. The molecular weight excluding hydrogens is 316 g/mol. The number of amides is 1. The largest absolute Gasteiger partial charge is 0.481 e. The molecule has 7 heteroatoms. The number of aliphatic carboxylic acids is 1. The molecule has 0 aromatic carbocycles. The Morgan fingerprint density at radius 1 is 1.39 bits per heavy atom. The Morgan fingerprint density at radius 2 is 2.09 bits per heavy atom. The maximum atomic E-state index is 12.7. The van der Waals surface area contributed by atoms with E-state index in [-0.39, 0.29) is 18.4 Å². The Hall–Kier alpha value is -1.47. The van der Waals surface area contributed by atoms with Crippen LogP contribution in [0.2, 0.25) is 0 Å². The zero-order valence-corrected chi connectivity index (χ0v) is 15.1. The van der Waals surface area contributed by atoms with E-state index < -0.39 is 11.9 Å². The van der Waals surface area contributed by atoms with Crippen molar-refractivity contribution in [2.45, 2.75) is 40.0 Å². The number of ether oxygens (including phenoxy) is 1. The Morgan fingerprint density at radius 3 is 2.61 bits per heavy atom. The summed E-state index contributed by atoms with van der Waals surface area (Å²) in [7, 11) is 0. The first-order valence-electron chi connectivity index (χ1n) is 7.92. The van der Waals surface area contributed by atoms with Gasteiger partial charge < -0.3 is 14.7 Å². The molecule has 23 heavy (non-hydrogen) atoms. The van der Waals surface area contributed by atoms with Crippen molar-refractivity contribution in [3.05, 3.63) is 16.1 Å². The SMILES string of the molecule is CCOCCCN(CC(C)C(=O)O)C(=O)c1cnc(C(C)C)s1. The summed E-state index contributed by atoms with van der Waals surface area (Å²) in [6, 6.07) is 0. The molecule has 0 aliphatic rings. The fourth-order valence-corrected chi connectivity index (χ4v) is 2.88. The molecule has 0 saturated heterocycles. The Labute approximate surface area is 141 Å². The lowest BCUT2D eigenvalue weighted by Gasteiger charge is -2.24. The smallest absolute Gasteiger partial charge is 0.308 e. The zero-order chi connectivity index (χ0) is 17.4. The first kappa shape index (κ1) is 19.6. The van der Waals surface area contributed by atoms with E-state index in [0.717, 1.165) is 5.01 Å². The molecule has 1 aromatic rings. The second kappa shape index (κ2) is 9.62. The minimum Gasteiger partial charge on any atom is -0.481 e. The van der Waals surface area contributed by atoms with Crippen LogP contribution in [-0.2, 0) is 9.53 Å². The molecule has 0 fully saturated rings. The highest BCUT2D eigenvalue weighted by molar-refractivity contribution is 7.13. The number of aromatic nitrogens is 1. The third kappa shape index (κ3) is 6.27. The highest BCUT2D eigenvalue weighted by Gasteiger charge is 2.23. The van der Waals surface area contributed by atoms with E-state index in [1.54, 1.807) is 18.0 Å². The molecule has 0 aliphatic carbocycles. The summed E-state index contributed by atoms with van der Waals surface area (Å²) in [6.45, 7) is 9.44. The Bertz CT molecular complexity index is 516. The summed E-state index contributed by atoms with van der Waals surface area (Å²) in [5, 5.41) is 10.0. The number of carbonyl (C=O) groups excluding carboxylic acids is 1. The summed E-state index contributed by atoms with van der Waals surface area (Å²) in [4.78, 5) is 30.2. The van der Waals surface area contributed by atoms with Gasteiger partial charge in [0.25, 0.3) is 5.91 Å². The highest BCUT2D eigenvalue weighted by atomic mass is 32.1. The average Bonchev–Trinajstić information content (AvgIpc) is 2.99. The van der Waals surface area contributed by atoms with Crippen LogP contribution < -0.4 is 0 Å². The van der Waals surface area contributed by atoms with Gasteiger partial charge in [0.1, 0.15) is 4.88 Å². The van der Waals surface area contributed by atoms with Crippen LogP contribution in [0.1, 0.15) is 54.7 Å². The third-order valence-electron chi connectivity index (χ3n) is 3.35. The van der Waals surface area contributed by atoms with Crippen LogP contribution in [-0.4, -0.2) is 53.2 Å². The van der Waals surface area contributed by atoms with Crippen LogP contribution in [0.5, 0.6) is 0 Å². The van der Waals surface area contributed by atoms with Crippen LogP contribution in [0.3, 0.4) is 0 Å². The van der Waals surface area contributed by atoms with Crippen LogP contribution in [0.25, 0.3) is 0 Å². The third-order valence-corrected chi connectivity index (χ3v) is 4.64. The van der Waals surface area contributed by atoms with E-state index in [1.807, 2.05) is 20.8 Å². The summed E-state index contributed by atoms with van der Waals surface area (Å²) < 4.78 is 5.29. The molecule has 1 atom stereocenters. The van der Waals surface area contributed by atoms with Crippen molar-refractivity contribution >= 4 is 23.2 Å². The minimum atomic E-state index is -0.903. The quantitative estimate of drug-likeness (QED) is 0.661. The molecule has 0 saturated carbocycles. The fraction of sp³-hybridized carbons (Fsp3) is 0.688. The van der Waals surface area contributed by atoms with Crippen molar-refractivity contribution in [3.63, 3.8) is 0 Å². The van der Waals surface area contributed by atoms with Gasteiger partial charge in [-0.1, -0.05) is 20.8 Å². The summed E-state index contributed by atoms with van der Waals surface area (Å²) in [5.41, 5.74) is 0. The number of thiazole rings is 1. The lowest BCUT2D eigenvalue weighted by molar-refractivity contribution is -0.141. The van der Waals surface area contributed by atoms with E-state index in [9.17, 15) is 9.59 Å².